The molecule has 1 saturated heterocycles. The van der Waals surface area contributed by atoms with Crippen molar-refractivity contribution in [3.05, 3.63) is 53.6 Å². The Morgan fingerprint density at radius 3 is 3.14 bits per heavy atom. The van der Waals surface area contributed by atoms with Gasteiger partial charge in [-0.2, -0.15) is 5.10 Å². The Morgan fingerprint density at radius 2 is 2.31 bits per heavy atom. The fourth-order valence-corrected chi connectivity index (χ4v) is 3.36. The third kappa shape index (κ3) is 3.86. The molecule has 0 aliphatic carbocycles. The van der Waals surface area contributed by atoms with E-state index >= 15 is 0 Å². The van der Waals surface area contributed by atoms with Crippen LogP contribution < -0.4 is 15.1 Å². The van der Waals surface area contributed by atoms with Crippen LogP contribution in [0.4, 0.5) is 10.2 Å². The van der Waals surface area contributed by atoms with E-state index in [4.69, 9.17) is 9.57 Å². The molecular formula is C20H22FN5O3. The highest BCUT2D eigenvalue weighted by Gasteiger charge is 2.32. The van der Waals surface area contributed by atoms with Crippen LogP contribution in [0, 0.1) is 12.7 Å². The van der Waals surface area contributed by atoms with Gasteiger partial charge in [0.1, 0.15) is 18.2 Å². The van der Waals surface area contributed by atoms with Crippen LogP contribution in [0.2, 0.25) is 0 Å². The minimum Gasteiger partial charge on any atom is -0.491 e. The first-order chi connectivity index (χ1) is 14.1. The number of nitrogens with zero attached hydrogens (tertiary/aromatic N) is 4. The highest BCUT2D eigenvalue weighted by Crippen LogP contribution is 2.38. The molecule has 152 valence electrons. The average Bonchev–Trinajstić information content (AvgIpc) is 3.34. The van der Waals surface area contributed by atoms with Crippen LogP contribution in [0.25, 0.3) is 5.65 Å². The summed E-state index contributed by atoms with van der Waals surface area (Å²) in [6, 6.07) is 5.81. The third-order valence-corrected chi connectivity index (χ3v) is 4.83. The number of hydroxylamine groups is 1. The normalized spacial score (nSPS) is 17.5. The number of aromatic nitrogens is 3. The summed E-state index contributed by atoms with van der Waals surface area (Å²) in [5.41, 5.74) is 2.36. The highest BCUT2D eigenvalue weighted by atomic mass is 19.1. The van der Waals surface area contributed by atoms with Crippen LogP contribution in [0.15, 0.2) is 36.7 Å². The molecule has 0 unspecified atom stereocenters. The highest BCUT2D eigenvalue weighted by molar-refractivity contribution is 5.53. The SMILES string of the molecule is Cc1cnn2ccc(N3OCC[C@@H]3c3cc(F)ccc3OC[C@@H](C)NC=O)nc12. The number of rotatable bonds is 7. The lowest BCUT2D eigenvalue weighted by molar-refractivity contribution is -0.110. The number of carbonyl (C=O) groups excluding carboxylic acids is 1. The fourth-order valence-electron chi connectivity index (χ4n) is 3.36. The maximum atomic E-state index is 14.1. The molecule has 1 fully saturated rings. The molecule has 1 amide bonds. The lowest BCUT2D eigenvalue weighted by Crippen LogP contribution is -2.31. The number of hydrogen-bond acceptors (Lipinski definition) is 6. The average molecular weight is 399 g/mol. The molecule has 29 heavy (non-hydrogen) atoms. The smallest absolute Gasteiger partial charge is 0.207 e. The maximum absolute atomic E-state index is 14.1. The molecule has 1 aromatic carbocycles. The number of ether oxygens (including phenoxy) is 1. The van der Waals surface area contributed by atoms with Crippen molar-refractivity contribution in [2.75, 3.05) is 18.3 Å². The van der Waals surface area contributed by atoms with Gasteiger partial charge in [-0.1, -0.05) is 0 Å². The lowest BCUT2D eigenvalue weighted by atomic mass is 10.0. The second-order valence-corrected chi connectivity index (χ2v) is 7.02. The van der Waals surface area contributed by atoms with Crippen LogP contribution in [0.1, 0.15) is 30.5 Å². The van der Waals surface area contributed by atoms with Crippen molar-refractivity contribution in [1.82, 2.24) is 19.9 Å². The van der Waals surface area contributed by atoms with Crippen molar-refractivity contribution < 1.29 is 18.8 Å². The molecular weight excluding hydrogens is 377 g/mol. The molecule has 2 aromatic heterocycles. The summed E-state index contributed by atoms with van der Waals surface area (Å²) in [6.07, 6.45) is 4.86. The van der Waals surface area contributed by atoms with E-state index in [9.17, 15) is 9.18 Å². The van der Waals surface area contributed by atoms with Gasteiger partial charge in [0.2, 0.25) is 6.41 Å². The first-order valence-electron chi connectivity index (χ1n) is 9.42. The standard InChI is InChI=1S/C20H22FN5O3/c1-13-10-23-25-7-5-19(24-20(13)25)26-17(6-8-29-26)16-9-15(21)3-4-18(16)28-11-14(2)22-12-27/h3-5,7,9-10,12,14,17H,6,8,11H2,1-2H3,(H,22,27)/t14-,17-/m1/s1. The molecule has 1 aliphatic rings. The Bertz CT molecular complexity index is 1020. The zero-order valence-corrected chi connectivity index (χ0v) is 16.2. The summed E-state index contributed by atoms with van der Waals surface area (Å²) in [5, 5.41) is 8.57. The van der Waals surface area contributed by atoms with Crippen LogP contribution in [-0.2, 0) is 9.63 Å². The minimum atomic E-state index is -0.353. The largest absolute Gasteiger partial charge is 0.491 e. The predicted octanol–water partition coefficient (Wildman–Crippen LogP) is 2.57. The number of carbonyl (C=O) groups is 1. The van der Waals surface area contributed by atoms with Gasteiger partial charge in [0.15, 0.2) is 11.5 Å². The van der Waals surface area contributed by atoms with E-state index in [1.165, 1.54) is 12.1 Å². The number of anilines is 1. The van der Waals surface area contributed by atoms with Crippen molar-refractivity contribution in [3.8, 4) is 5.75 Å². The number of halogens is 1. The van der Waals surface area contributed by atoms with E-state index in [0.29, 0.717) is 36.6 Å². The van der Waals surface area contributed by atoms with Crippen molar-refractivity contribution in [2.45, 2.75) is 32.4 Å². The van der Waals surface area contributed by atoms with E-state index in [1.807, 2.05) is 26.1 Å². The molecule has 9 heteroatoms. The van der Waals surface area contributed by atoms with Gasteiger partial charge < -0.3 is 10.1 Å². The maximum Gasteiger partial charge on any atom is 0.207 e. The summed E-state index contributed by atoms with van der Waals surface area (Å²) >= 11 is 0. The number of aryl methyl sites for hydroxylation is 1. The van der Waals surface area contributed by atoms with Gasteiger partial charge in [-0.3, -0.25) is 9.63 Å². The fraction of sp³-hybridized carbons (Fsp3) is 0.350. The van der Waals surface area contributed by atoms with Crippen LogP contribution in [0.3, 0.4) is 0 Å². The first kappa shape index (κ1) is 19.1. The Kier molecular flexibility index (Phi) is 5.30. The topological polar surface area (TPSA) is 81.0 Å². The number of benzene rings is 1. The van der Waals surface area contributed by atoms with Gasteiger partial charge in [0, 0.05) is 29.8 Å². The van der Waals surface area contributed by atoms with Crippen LogP contribution >= 0.6 is 0 Å². The van der Waals surface area contributed by atoms with Crippen LogP contribution in [0.5, 0.6) is 5.75 Å². The van der Waals surface area contributed by atoms with Crippen molar-refractivity contribution in [1.29, 1.82) is 0 Å². The second kappa shape index (κ2) is 8.04. The summed E-state index contributed by atoms with van der Waals surface area (Å²) < 4.78 is 21.6. The number of hydrogen-bond donors (Lipinski definition) is 1. The van der Waals surface area contributed by atoms with Crippen LogP contribution in [-0.4, -0.2) is 40.3 Å². The van der Waals surface area contributed by atoms with Gasteiger partial charge in [0.25, 0.3) is 0 Å². The summed E-state index contributed by atoms with van der Waals surface area (Å²) in [6.45, 7) is 4.52. The number of nitrogens with one attached hydrogen (secondary N) is 1. The van der Waals surface area contributed by atoms with E-state index < -0.39 is 0 Å². The summed E-state index contributed by atoms with van der Waals surface area (Å²) in [5.74, 6) is 0.816. The van der Waals surface area contributed by atoms with Gasteiger partial charge in [-0.15, -0.1) is 0 Å². The van der Waals surface area contributed by atoms with Gasteiger partial charge in [0.05, 0.1) is 24.9 Å². The predicted molar refractivity (Wildman–Crippen MR) is 104 cm³/mol. The minimum absolute atomic E-state index is 0.171. The van der Waals surface area contributed by atoms with Crippen molar-refractivity contribution in [2.24, 2.45) is 0 Å². The molecule has 2 atom stereocenters. The molecule has 0 bridgehead atoms. The molecule has 1 aliphatic heterocycles. The zero-order chi connectivity index (χ0) is 20.4. The Balaban J connectivity index is 1.64. The quantitative estimate of drug-likeness (QED) is 0.615. The molecule has 0 saturated carbocycles. The zero-order valence-electron chi connectivity index (χ0n) is 16.2. The Morgan fingerprint density at radius 1 is 1.45 bits per heavy atom. The second-order valence-electron chi connectivity index (χ2n) is 7.02. The number of amides is 1. The molecule has 0 radical (unpaired) electrons. The third-order valence-electron chi connectivity index (χ3n) is 4.83. The van der Waals surface area contributed by atoms with E-state index in [1.54, 1.807) is 21.8 Å². The number of fused-ring (bicyclic) bond motifs is 1. The lowest BCUT2D eigenvalue weighted by Gasteiger charge is -2.26. The monoisotopic (exact) mass is 399 g/mol. The van der Waals surface area contributed by atoms with Gasteiger partial charge >= 0.3 is 0 Å². The molecule has 3 heterocycles. The van der Waals surface area contributed by atoms with E-state index in [0.717, 1.165) is 11.2 Å². The first-order valence-corrected chi connectivity index (χ1v) is 9.42. The Hall–Kier alpha value is -3.20. The molecule has 4 rings (SSSR count). The summed E-state index contributed by atoms with van der Waals surface area (Å²) in [7, 11) is 0. The van der Waals surface area contributed by atoms with Crippen molar-refractivity contribution in [3.63, 3.8) is 0 Å². The molecule has 8 nitrogen and oxygen atoms in total. The molecule has 3 aromatic rings. The van der Waals surface area contributed by atoms with Crippen molar-refractivity contribution >= 4 is 17.9 Å². The Labute approximate surface area is 167 Å². The molecule has 0 spiro atoms. The van der Waals surface area contributed by atoms with Gasteiger partial charge in [-0.25, -0.2) is 19.0 Å². The molecule has 1 N–H and O–H groups in total. The van der Waals surface area contributed by atoms with E-state index in [-0.39, 0.29) is 24.5 Å². The van der Waals surface area contributed by atoms with E-state index in [2.05, 4.69) is 15.4 Å². The summed E-state index contributed by atoms with van der Waals surface area (Å²) in [4.78, 5) is 21.1. The van der Waals surface area contributed by atoms with Gasteiger partial charge in [-0.05, 0) is 32.0 Å².